The standard InChI is InChI=1S/C16H21NO2S/c18-16(19)10-13-6-3-4-8-17(13)11-14-9-12-5-1-2-7-15(12)20-14/h1-2,5,7,13-14H,3-4,6,8-11H2,(H,18,19). The molecule has 0 aromatic heterocycles. The van der Waals surface area contributed by atoms with Crippen molar-refractivity contribution in [1.29, 1.82) is 0 Å². The Hall–Kier alpha value is -1.00. The molecule has 0 saturated carbocycles. The number of carbonyl (C=O) groups is 1. The fraction of sp³-hybridized carbons (Fsp3) is 0.562. The summed E-state index contributed by atoms with van der Waals surface area (Å²) in [6, 6.07) is 8.86. The van der Waals surface area contributed by atoms with Gasteiger partial charge < -0.3 is 5.11 Å². The highest BCUT2D eigenvalue weighted by Crippen LogP contribution is 2.37. The van der Waals surface area contributed by atoms with Crippen molar-refractivity contribution in [2.75, 3.05) is 13.1 Å². The number of likely N-dealkylation sites (tertiary alicyclic amines) is 1. The molecule has 1 aromatic rings. The molecule has 20 heavy (non-hydrogen) atoms. The molecule has 2 atom stereocenters. The summed E-state index contributed by atoms with van der Waals surface area (Å²) in [6.45, 7) is 2.09. The molecule has 2 aliphatic heterocycles. The van der Waals surface area contributed by atoms with Crippen LogP contribution in [-0.2, 0) is 11.2 Å². The van der Waals surface area contributed by atoms with Crippen molar-refractivity contribution < 1.29 is 9.90 Å². The summed E-state index contributed by atoms with van der Waals surface area (Å²) < 4.78 is 0. The summed E-state index contributed by atoms with van der Waals surface area (Å²) in [5.41, 5.74) is 1.45. The monoisotopic (exact) mass is 291 g/mol. The number of aliphatic carboxylic acids is 1. The lowest BCUT2D eigenvalue weighted by Gasteiger charge is -2.36. The molecule has 0 bridgehead atoms. The van der Waals surface area contributed by atoms with Gasteiger partial charge in [-0.1, -0.05) is 24.6 Å². The average molecular weight is 291 g/mol. The van der Waals surface area contributed by atoms with Gasteiger partial charge in [-0.15, -0.1) is 11.8 Å². The lowest BCUT2D eigenvalue weighted by Crippen LogP contribution is -2.44. The molecule has 1 aromatic carbocycles. The van der Waals surface area contributed by atoms with Crippen molar-refractivity contribution in [3.8, 4) is 0 Å². The third kappa shape index (κ3) is 3.18. The number of benzene rings is 1. The normalized spacial score (nSPS) is 26.4. The van der Waals surface area contributed by atoms with Crippen LogP contribution in [0.3, 0.4) is 0 Å². The van der Waals surface area contributed by atoms with Crippen molar-refractivity contribution in [2.45, 2.75) is 48.3 Å². The Kier molecular flexibility index (Phi) is 4.32. The SMILES string of the molecule is O=C(O)CC1CCCCN1CC1Cc2ccccc2S1. The van der Waals surface area contributed by atoms with Gasteiger partial charge >= 0.3 is 5.97 Å². The van der Waals surface area contributed by atoms with E-state index in [-0.39, 0.29) is 6.04 Å². The summed E-state index contributed by atoms with van der Waals surface area (Å²) in [7, 11) is 0. The smallest absolute Gasteiger partial charge is 0.304 e. The highest BCUT2D eigenvalue weighted by Gasteiger charge is 2.29. The first kappa shape index (κ1) is 14.0. The molecule has 0 amide bonds. The maximum absolute atomic E-state index is 11.0. The quantitative estimate of drug-likeness (QED) is 0.925. The zero-order valence-corrected chi connectivity index (χ0v) is 12.4. The van der Waals surface area contributed by atoms with Crippen LogP contribution in [0, 0.1) is 0 Å². The van der Waals surface area contributed by atoms with E-state index in [1.54, 1.807) is 0 Å². The van der Waals surface area contributed by atoms with E-state index in [2.05, 4.69) is 29.2 Å². The van der Waals surface area contributed by atoms with Crippen molar-refractivity contribution in [3.05, 3.63) is 29.8 Å². The van der Waals surface area contributed by atoms with Crippen molar-refractivity contribution >= 4 is 17.7 Å². The fourth-order valence-electron chi connectivity index (χ4n) is 3.35. The summed E-state index contributed by atoms with van der Waals surface area (Å²) >= 11 is 1.96. The predicted octanol–water partition coefficient (Wildman–Crippen LogP) is 3.03. The van der Waals surface area contributed by atoms with Gasteiger partial charge in [-0.05, 0) is 37.4 Å². The second-order valence-corrected chi connectivity index (χ2v) is 7.14. The molecular weight excluding hydrogens is 270 g/mol. The van der Waals surface area contributed by atoms with Gasteiger partial charge in [0.15, 0.2) is 0 Å². The maximum atomic E-state index is 11.0. The van der Waals surface area contributed by atoms with E-state index in [0.29, 0.717) is 11.7 Å². The first-order valence-corrected chi connectivity index (χ1v) is 8.31. The Morgan fingerprint density at radius 3 is 3.00 bits per heavy atom. The topological polar surface area (TPSA) is 40.5 Å². The number of hydrogen-bond donors (Lipinski definition) is 1. The number of nitrogens with zero attached hydrogens (tertiary/aromatic N) is 1. The van der Waals surface area contributed by atoms with E-state index in [4.69, 9.17) is 5.11 Å². The van der Waals surface area contributed by atoms with Crippen LogP contribution in [0.2, 0.25) is 0 Å². The molecule has 3 nitrogen and oxygen atoms in total. The molecule has 2 unspecified atom stereocenters. The number of carboxylic acids is 1. The zero-order chi connectivity index (χ0) is 13.9. The molecule has 1 saturated heterocycles. The summed E-state index contributed by atoms with van der Waals surface area (Å²) in [6.07, 6.45) is 4.84. The highest BCUT2D eigenvalue weighted by molar-refractivity contribution is 8.00. The first-order chi connectivity index (χ1) is 9.72. The maximum Gasteiger partial charge on any atom is 0.304 e. The second kappa shape index (κ2) is 6.19. The van der Waals surface area contributed by atoms with Crippen molar-refractivity contribution in [2.24, 2.45) is 0 Å². The van der Waals surface area contributed by atoms with E-state index >= 15 is 0 Å². The van der Waals surface area contributed by atoms with Gasteiger partial charge in [-0.2, -0.15) is 0 Å². The van der Waals surface area contributed by atoms with Crippen LogP contribution in [0.25, 0.3) is 0 Å². The van der Waals surface area contributed by atoms with Crippen molar-refractivity contribution in [1.82, 2.24) is 4.90 Å². The number of carboxylic acid groups (broad SMARTS) is 1. The lowest BCUT2D eigenvalue weighted by atomic mass is 9.98. The third-order valence-corrected chi connectivity index (χ3v) is 5.61. The van der Waals surface area contributed by atoms with Crippen molar-refractivity contribution in [3.63, 3.8) is 0 Å². The molecule has 108 valence electrons. The van der Waals surface area contributed by atoms with Gasteiger partial charge in [0.2, 0.25) is 0 Å². The van der Waals surface area contributed by atoms with Gasteiger partial charge in [-0.3, -0.25) is 9.69 Å². The molecule has 1 fully saturated rings. The number of hydrogen-bond acceptors (Lipinski definition) is 3. The van der Waals surface area contributed by atoms with E-state index in [1.807, 2.05) is 11.8 Å². The highest BCUT2D eigenvalue weighted by atomic mass is 32.2. The second-order valence-electron chi connectivity index (χ2n) is 5.79. The number of thioether (sulfide) groups is 1. The Balaban J connectivity index is 1.61. The Morgan fingerprint density at radius 2 is 2.20 bits per heavy atom. The first-order valence-electron chi connectivity index (χ1n) is 7.43. The molecule has 1 N–H and O–H groups in total. The minimum Gasteiger partial charge on any atom is -0.481 e. The molecule has 4 heteroatoms. The minimum absolute atomic E-state index is 0.241. The molecule has 3 rings (SSSR count). The van der Waals surface area contributed by atoms with Crippen LogP contribution >= 0.6 is 11.8 Å². The Bertz CT molecular complexity index is 466. The van der Waals surface area contributed by atoms with Gasteiger partial charge in [0.05, 0.1) is 6.42 Å². The molecule has 0 radical (unpaired) electrons. The summed E-state index contributed by atoms with van der Waals surface area (Å²) in [5, 5.41) is 9.64. The van der Waals surface area contributed by atoms with Gasteiger partial charge in [0.25, 0.3) is 0 Å². The van der Waals surface area contributed by atoms with Crippen LogP contribution in [0.15, 0.2) is 29.2 Å². The Morgan fingerprint density at radius 1 is 1.35 bits per heavy atom. The molecular formula is C16H21NO2S. The number of rotatable bonds is 4. The van der Waals surface area contributed by atoms with E-state index < -0.39 is 5.97 Å². The minimum atomic E-state index is -0.663. The van der Waals surface area contributed by atoms with E-state index in [0.717, 1.165) is 25.9 Å². The zero-order valence-electron chi connectivity index (χ0n) is 11.6. The fourth-order valence-corrected chi connectivity index (χ4v) is 4.70. The summed E-state index contributed by atoms with van der Waals surface area (Å²) in [4.78, 5) is 14.8. The third-order valence-electron chi connectivity index (χ3n) is 4.31. The van der Waals surface area contributed by atoms with Gasteiger partial charge in [0, 0.05) is 22.7 Å². The molecule has 0 aliphatic carbocycles. The summed E-state index contributed by atoms with van der Waals surface area (Å²) in [5.74, 6) is -0.663. The largest absolute Gasteiger partial charge is 0.481 e. The predicted molar refractivity (Wildman–Crippen MR) is 81.3 cm³/mol. The lowest BCUT2D eigenvalue weighted by molar-refractivity contribution is -0.138. The number of piperidine rings is 1. The van der Waals surface area contributed by atoms with Gasteiger partial charge in [0.1, 0.15) is 0 Å². The van der Waals surface area contributed by atoms with Crippen LogP contribution < -0.4 is 0 Å². The molecule has 2 aliphatic rings. The van der Waals surface area contributed by atoms with E-state index in [9.17, 15) is 4.79 Å². The number of fused-ring (bicyclic) bond motifs is 1. The van der Waals surface area contributed by atoms with Crippen LogP contribution in [0.1, 0.15) is 31.2 Å². The van der Waals surface area contributed by atoms with Crippen LogP contribution in [0.5, 0.6) is 0 Å². The average Bonchev–Trinajstić information content (AvgIpc) is 2.82. The van der Waals surface area contributed by atoms with Crippen LogP contribution in [0.4, 0.5) is 0 Å². The molecule has 2 heterocycles. The van der Waals surface area contributed by atoms with E-state index in [1.165, 1.54) is 23.3 Å². The van der Waals surface area contributed by atoms with Gasteiger partial charge in [-0.25, -0.2) is 0 Å². The molecule has 0 spiro atoms. The Labute approximate surface area is 124 Å². The van der Waals surface area contributed by atoms with Crippen LogP contribution in [-0.4, -0.2) is 40.4 Å².